The number of hydrogen-bond donors (Lipinski definition) is 0. The van der Waals surface area contributed by atoms with Crippen LogP contribution < -0.4 is 0 Å². The van der Waals surface area contributed by atoms with Crippen molar-refractivity contribution in [1.82, 2.24) is 14.7 Å². The summed E-state index contributed by atoms with van der Waals surface area (Å²) in [5, 5.41) is 2.13. The quantitative estimate of drug-likeness (QED) is 0.791. The second-order valence-corrected chi connectivity index (χ2v) is 8.93. The smallest absolute Gasteiger partial charge is 0.227 e. The maximum absolute atomic E-state index is 12.9. The first kappa shape index (κ1) is 18.0. The molecule has 1 unspecified atom stereocenters. The Morgan fingerprint density at radius 1 is 0.962 bits per heavy atom. The van der Waals surface area contributed by atoms with Gasteiger partial charge < -0.3 is 9.80 Å². The van der Waals surface area contributed by atoms with Gasteiger partial charge in [0.05, 0.1) is 5.92 Å². The first-order valence-corrected chi connectivity index (χ1v) is 10.9. The van der Waals surface area contributed by atoms with Crippen molar-refractivity contribution in [2.45, 2.75) is 32.1 Å². The monoisotopic (exact) mass is 375 g/mol. The number of hydrogen-bond acceptors (Lipinski definition) is 4. The van der Waals surface area contributed by atoms with E-state index in [1.54, 1.807) is 0 Å². The van der Waals surface area contributed by atoms with Crippen LogP contribution in [0.1, 0.15) is 30.6 Å². The molecule has 1 saturated carbocycles. The topological polar surface area (TPSA) is 43.9 Å². The van der Waals surface area contributed by atoms with Gasteiger partial charge in [-0.05, 0) is 43.6 Å². The summed E-state index contributed by atoms with van der Waals surface area (Å²) in [4.78, 5) is 33.1. The van der Waals surface area contributed by atoms with Gasteiger partial charge in [0.25, 0.3) is 0 Å². The van der Waals surface area contributed by atoms with E-state index in [1.165, 1.54) is 4.88 Å². The van der Waals surface area contributed by atoms with Gasteiger partial charge in [-0.2, -0.15) is 0 Å². The molecule has 142 valence electrons. The molecule has 26 heavy (non-hydrogen) atoms. The third kappa shape index (κ3) is 4.29. The van der Waals surface area contributed by atoms with Crippen molar-refractivity contribution in [3.8, 4) is 0 Å². The molecular weight excluding hydrogens is 346 g/mol. The van der Waals surface area contributed by atoms with Crippen LogP contribution in [0, 0.1) is 11.8 Å². The highest BCUT2D eigenvalue weighted by atomic mass is 32.1. The first-order chi connectivity index (χ1) is 12.7. The van der Waals surface area contributed by atoms with E-state index in [1.807, 2.05) is 21.1 Å². The third-order valence-electron chi connectivity index (χ3n) is 5.95. The summed E-state index contributed by atoms with van der Waals surface area (Å²) >= 11 is 1.82. The first-order valence-electron chi connectivity index (χ1n) is 10.0. The Labute approximate surface area is 159 Å². The zero-order chi connectivity index (χ0) is 17.9. The number of likely N-dealkylation sites (tertiary alicyclic amines) is 1. The number of thiophene rings is 1. The number of rotatable bonds is 5. The van der Waals surface area contributed by atoms with Crippen LogP contribution in [-0.4, -0.2) is 72.3 Å². The summed E-state index contributed by atoms with van der Waals surface area (Å²) in [7, 11) is 0. The molecule has 5 nitrogen and oxygen atoms in total. The lowest BCUT2D eigenvalue weighted by Gasteiger charge is -2.39. The zero-order valence-corrected chi connectivity index (χ0v) is 16.3. The number of carbonyl (C=O) groups excluding carboxylic acids is 2. The van der Waals surface area contributed by atoms with Crippen LogP contribution in [0.2, 0.25) is 0 Å². The van der Waals surface area contributed by atoms with Crippen molar-refractivity contribution < 1.29 is 9.59 Å². The molecule has 1 aromatic heterocycles. The minimum Gasteiger partial charge on any atom is -0.342 e. The number of piperazine rings is 1. The molecule has 4 rings (SSSR count). The molecule has 0 bridgehead atoms. The predicted octanol–water partition coefficient (Wildman–Crippen LogP) is 2.08. The van der Waals surface area contributed by atoms with E-state index in [2.05, 4.69) is 22.4 Å². The number of amides is 2. The summed E-state index contributed by atoms with van der Waals surface area (Å²) < 4.78 is 0. The molecule has 1 aliphatic carbocycles. The van der Waals surface area contributed by atoms with Crippen LogP contribution in [0.3, 0.4) is 0 Å². The summed E-state index contributed by atoms with van der Waals surface area (Å²) in [6.07, 6.45) is 5.09. The second kappa shape index (κ2) is 8.09. The lowest BCUT2D eigenvalue weighted by molar-refractivity contribution is -0.142. The van der Waals surface area contributed by atoms with Crippen molar-refractivity contribution in [2.24, 2.45) is 11.8 Å². The standard InChI is InChI=1S/C20H29N3O2S/c24-19(16-5-6-16)23-8-1-3-17(15-23)20(25)22-12-10-21(11-13-22)9-7-18-4-2-14-26-18/h2,4,14,16-17H,1,3,5-13,15H2. The van der Waals surface area contributed by atoms with E-state index in [-0.39, 0.29) is 17.7 Å². The van der Waals surface area contributed by atoms with Crippen LogP contribution in [0.15, 0.2) is 17.5 Å². The van der Waals surface area contributed by atoms with E-state index in [0.29, 0.717) is 12.5 Å². The Balaban J connectivity index is 1.23. The normalized spacial score (nSPS) is 24.7. The van der Waals surface area contributed by atoms with Crippen LogP contribution >= 0.6 is 11.3 Å². The molecule has 0 N–H and O–H groups in total. The highest BCUT2D eigenvalue weighted by Crippen LogP contribution is 2.32. The third-order valence-corrected chi connectivity index (χ3v) is 6.88. The Bertz CT molecular complexity index is 621. The molecule has 3 fully saturated rings. The molecule has 0 radical (unpaired) electrons. The fraction of sp³-hybridized carbons (Fsp3) is 0.700. The van der Waals surface area contributed by atoms with Gasteiger partial charge in [0, 0.05) is 56.6 Å². The summed E-state index contributed by atoms with van der Waals surface area (Å²) in [6, 6.07) is 4.31. The fourth-order valence-electron chi connectivity index (χ4n) is 4.14. The number of nitrogens with zero attached hydrogens (tertiary/aromatic N) is 3. The van der Waals surface area contributed by atoms with E-state index >= 15 is 0 Å². The van der Waals surface area contributed by atoms with Gasteiger partial charge in [-0.15, -0.1) is 11.3 Å². The molecule has 2 aliphatic heterocycles. The predicted molar refractivity (Wildman–Crippen MR) is 103 cm³/mol. The lowest BCUT2D eigenvalue weighted by atomic mass is 9.95. The van der Waals surface area contributed by atoms with Crippen LogP contribution in [0.25, 0.3) is 0 Å². The van der Waals surface area contributed by atoms with Crippen LogP contribution in [-0.2, 0) is 16.0 Å². The van der Waals surface area contributed by atoms with E-state index in [9.17, 15) is 9.59 Å². The molecule has 2 amide bonds. The maximum atomic E-state index is 12.9. The maximum Gasteiger partial charge on any atom is 0.227 e. The Morgan fingerprint density at radius 3 is 2.42 bits per heavy atom. The number of piperidine rings is 1. The van der Waals surface area contributed by atoms with Gasteiger partial charge in [0.1, 0.15) is 0 Å². The zero-order valence-electron chi connectivity index (χ0n) is 15.4. The van der Waals surface area contributed by atoms with Crippen molar-refractivity contribution in [1.29, 1.82) is 0 Å². The Morgan fingerprint density at radius 2 is 1.73 bits per heavy atom. The van der Waals surface area contributed by atoms with E-state index in [0.717, 1.165) is 71.4 Å². The van der Waals surface area contributed by atoms with Gasteiger partial charge in [0.2, 0.25) is 11.8 Å². The average Bonchev–Trinajstić information content (AvgIpc) is 3.41. The van der Waals surface area contributed by atoms with E-state index in [4.69, 9.17) is 0 Å². The van der Waals surface area contributed by atoms with Crippen molar-refractivity contribution in [3.63, 3.8) is 0 Å². The molecule has 6 heteroatoms. The minimum atomic E-state index is 0.0177. The molecule has 3 heterocycles. The Kier molecular flexibility index (Phi) is 5.60. The van der Waals surface area contributed by atoms with Crippen molar-refractivity contribution in [2.75, 3.05) is 45.8 Å². The SMILES string of the molecule is O=C(C1CCCN(C(=O)C2CC2)C1)N1CCN(CCc2cccs2)CC1. The second-order valence-electron chi connectivity index (χ2n) is 7.89. The molecule has 2 saturated heterocycles. The minimum absolute atomic E-state index is 0.0177. The summed E-state index contributed by atoms with van der Waals surface area (Å²) in [5.41, 5.74) is 0. The highest BCUT2D eigenvalue weighted by Gasteiger charge is 2.37. The van der Waals surface area contributed by atoms with Gasteiger partial charge in [0.15, 0.2) is 0 Å². The molecule has 1 aromatic rings. The Hall–Kier alpha value is -1.40. The highest BCUT2D eigenvalue weighted by molar-refractivity contribution is 7.09. The largest absolute Gasteiger partial charge is 0.342 e. The van der Waals surface area contributed by atoms with Crippen molar-refractivity contribution in [3.05, 3.63) is 22.4 Å². The number of carbonyl (C=O) groups is 2. The fourth-order valence-corrected chi connectivity index (χ4v) is 4.84. The summed E-state index contributed by atoms with van der Waals surface area (Å²) in [6.45, 7) is 6.16. The lowest BCUT2D eigenvalue weighted by Crippen LogP contribution is -2.53. The summed E-state index contributed by atoms with van der Waals surface area (Å²) in [5.74, 6) is 0.844. The molecule has 0 aromatic carbocycles. The molecule has 1 atom stereocenters. The van der Waals surface area contributed by atoms with Gasteiger partial charge >= 0.3 is 0 Å². The van der Waals surface area contributed by atoms with Crippen LogP contribution in [0.5, 0.6) is 0 Å². The van der Waals surface area contributed by atoms with Crippen molar-refractivity contribution >= 4 is 23.2 Å². The van der Waals surface area contributed by atoms with Gasteiger partial charge in [-0.3, -0.25) is 14.5 Å². The molecular formula is C20H29N3O2S. The van der Waals surface area contributed by atoms with E-state index < -0.39 is 0 Å². The van der Waals surface area contributed by atoms with Crippen LogP contribution in [0.4, 0.5) is 0 Å². The van der Waals surface area contributed by atoms with Gasteiger partial charge in [-0.25, -0.2) is 0 Å². The molecule has 0 spiro atoms. The average molecular weight is 376 g/mol. The van der Waals surface area contributed by atoms with Gasteiger partial charge in [-0.1, -0.05) is 6.07 Å². The molecule has 3 aliphatic rings.